The highest BCUT2D eigenvalue weighted by Gasteiger charge is 2.27. The molecule has 1 unspecified atom stereocenters. The van der Waals surface area contributed by atoms with Crippen LogP contribution in [-0.2, 0) is 16.4 Å². The maximum atomic E-state index is 11.6. The van der Waals surface area contributed by atoms with Crippen molar-refractivity contribution in [3.63, 3.8) is 0 Å². The number of sulfone groups is 1. The van der Waals surface area contributed by atoms with Gasteiger partial charge >= 0.3 is 0 Å². The minimum absolute atomic E-state index is 0.0535. The summed E-state index contributed by atoms with van der Waals surface area (Å²) in [5, 5.41) is 3.38. The molecule has 1 aliphatic rings. The maximum Gasteiger partial charge on any atom is 0.154 e. The lowest BCUT2D eigenvalue weighted by Crippen LogP contribution is -2.47. The SMILES string of the molecule is CCCNCc1ccc(N2CCS(=O)(=O)CC2C)cc1. The second-order valence-electron chi connectivity index (χ2n) is 5.50. The first-order valence-electron chi connectivity index (χ1n) is 7.28. The molecular weight excluding hydrogens is 272 g/mol. The molecular formula is C15H24N2O2S. The van der Waals surface area contributed by atoms with E-state index in [0.717, 1.165) is 25.2 Å². The molecule has 20 heavy (non-hydrogen) atoms. The van der Waals surface area contributed by atoms with E-state index >= 15 is 0 Å². The summed E-state index contributed by atoms with van der Waals surface area (Å²) < 4.78 is 23.2. The molecule has 5 heteroatoms. The molecule has 0 bridgehead atoms. The van der Waals surface area contributed by atoms with Gasteiger partial charge in [0.1, 0.15) is 0 Å². The Morgan fingerprint density at radius 3 is 2.60 bits per heavy atom. The van der Waals surface area contributed by atoms with Gasteiger partial charge in [0.05, 0.1) is 11.5 Å². The summed E-state index contributed by atoms with van der Waals surface area (Å²) in [6, 6.07) is 8.48. The van der Waals surface area contributed by atoms with Gasteiger partial charge in [-0.15, -0.1) is 0 Å². The molecule has 0 aliphatic carbocycles. The summed E-state index contributed by atoms with van der Waals surface area (Å²) in [6.45, 7) is 6.65. The van der Waals surface area contributed by atoms with Crippen LogP contribution in [-0.4, -0.2) is 39.1 Å². The van der Waals surface area contributed by atoms with Gasteiger partial charge in [-0.1, -0.05) is 19.1 Å². The number of hydrogen-bond acceptors (Lipinski definition) is 4. The molecule has 2 rings (SSSR count). The first-order valence-corrected chi connectivity index (χ1v) is 9.10. The predicted molar refractivity (Wildman–Crippen MR) is 83.9 cm³/mol. The van der Waals surface area contributed by atoms with Crippen LogP contribution in [0.2, 0.25) is 0 Å². The van der Waals surface area contributed by atoms with E-state index in [2.05, 4.69) is 41.4 Å². The van der Waals surface area contributed by atoms with E-state index < -0.39 is 9.84 Å². The van der Waals surface area contributed by atoms with Gasteiger partial charge in [-0.25, -0.2) is 8.42 Å². The molecule has 1 fully saturated rings. The summed E-state index contributed by atoms with van der Waals surface area (Å²) in [4.78, 5) is 2.18. The number of nitrogens with zero attached hydrogens (tertiary/aromatic N) is 1. The van der Waals surface area contributed by atoms with Crippen molar-refractivity contribution in [2.24, 2.45) is 0 Å². The maximum absolute atomic E-state index is 11.6. The van der Waals surface area contributed by atoms with Gasteiger partial charge in [-0.3, -0.25) is 0 Å². The van der Waals surface area contributed by atoms with Crippen molar-refractivity contribution in [2.45, 2.75) is 32.9 Å². The Morgan fingerprint density at radius 2 is 2.00 bits per heavy atom. The van der Waals surface area contributed by atoms with Crippen molar-refractivity contribution in [1.29, 1.82) is 0 Å². The smallest absolute Gasteiger partial charge is 0.154 e. The molecule has 1 aromatic carbocycles. The third kappa shape index (κ3) is 3.96. The number of hydrogen-bond donors (Lipinski definition) is 1. The van der Waals surface area contributed by atoms with Gasteiger partial charge in [0, 0.05) is 24.8 Å². The molecule has 1 heterocycles. The van der Waals surface area contributed by atoms with Crippen LogP contribution in [0.5, 0.6) is 0 Å². The molecule has 112 valence electrons. The van der Waals surface area contributed by atoms with Crippen molar-refractivity contribution >= 4 is 15.5 Å². The van der Waals surface area contributed by atoms with Crippen molar-refractivity contribution in [2.75, 3.05) is 29.5 Å². The van der Waals surface area contributed by atoms with Crippen LogP contribution in [0, 0.1) is 0 Å². The Bertz CT molecular complexity index is 525. The topological polar surface area (TPSA) is 49.4 Å². The first-order chi connectivity index (χ1) is 9.52. The Labute approximate surface area is 122 Å². The Morgan fingerprint density at radius 1 is 1.30 bits per heavy atom. The second-order valence-corrected chi connectivity index (χ2v) is 7.73. The second kappa shape index (κ2) is 6.59. The Hall–Kier alpha value is -1.07. The van der Waals surface area contributed by atoms with Crippen molar-refractivity contribution in [3.8, 4) is 0 Å². The van der Waals surface area contributed by atoms with Gasteiger partial charge in [0.2, 0.25) is 0 Å². The van der Waals surface area contributed by atoms with E-state index in [1.165, 1.54) is 5.56 Å². The molecule has 1 N–H and O–H groups in total. The molecule has 0 amide bonds. The minimum Gasteiger partial charge on any atom is -0.367 e. The number of benzene rings is 1. The van der Waals surface area contributed by atoms with Crippen LogP contribution in [0.25, 0.3) is 0 Å². The molecule has 0 spiro atoms. The van der Waals surface area contributed by atoms with Gasteiger partial charge < -0.3 is 10.2 Å². The number of nitrogens with one attached hydrogen (secondary N) is 1. The van der Waals surface area contributed by atoms with E-state index in [-0.39, 0.29) is 17.5 Å². The minimum atomic E-state index is -2.85. The fraction of sp³-hybridized carbons (Fsp3) is 0.600. The van der Waals surface area contributed by atoms with Crippen LogP contribution < -0.4 is 10.2 Å². The van der Waals surface area contributed by atoms with E-state index in [9.17, 15) is 8.42 Å². The standard InChI is InChI=1S/C15H24N2O2S/c1-3-8-16-11-14-4-6-15(7-5-14)17-9-10-20(18,19)12-13(17)2/h4-7,13,16H,3,8-12H2,1-2H3. The zero-order valence-corrected chi connectivity index (χ0v) is 13.1. The van der Waals surface area contributed by atoms with Crippen LogP contribution in [0.15, 0.2) is 24.3 Å². The average molecular weight is 296 g/mol. The summed E-state index contributed by atoms with van der Waals surface area (Å²) in [5.41, 5.74) is 2.38. The van der Waals surface area contributed by atoms with Crippen LogP contribution in [0.1, 0.15) is 25.8 Å². The molecule has 1 atom stereocenters. The lowest BCUT2D eigenvalue weighted by molar-refractivity contribution is 0.568. The van der Waals surface area contributed by atoms with Gasteiger partial charge in [-0.05, 0) is 37.6 Å². The number of anilines is 1. The Kier molecular flexibility index (Phi) is 5.05. The highest BCUT2D eigenvalue weighted by molar-refractivity contribution is 7.91. The summed E-state index contributed by atoms with van der Waals surface area (Å²) >= 11 is 0. The molecule has 0 aromatic heterocycles. The van der Waals surface area contributed by atoms with Crippen molar-refractivity contribution in [1.82, 2.24) is 5.32 Å². The van der Waals surface area contributed by atoms with E-state index in [4.69, 9.17) is 0 Å². The lowest BCUT2D eigenvalue weighted by atomic mass is 10.1. The fourth-order valence-electron chi connectivity index (χ4n) is 2.60. The summed E-state index contributed by atoms with van der Waals surface area (Å²) in [7, 11) is -2.85. The summed E-state index contributed by atoms with van der Waals surface area (Å²) in [6.07, 6.45) is 1.14. The van der Waals surface area contributed by atoms with Crippen LogP contribution in [0.4, 0.5) is 5.69 Å². The average Bonchev–Trinajstić information content (AvgIpc) is 2.39. The van der Waals surface area contributed by atoms with E-state index in [0.29, 0.717) is 6.54 Å². The van der Waals surface area contributed by atoms with Crippen molar-refractivity contribution in [3.05, 3.63) is 29.8 Å². The van der Waals surface area contributed by atoms with E-state index in [1.807, 2.05) is 6.92 Å². The molecule has 1 saturated heterocycles. The normalized spacial score (nSPS) is 21.9. The number of rotatable bonds is 5. The van der Waals surface area contributed by atoms with Gasteiger partial charge in [0.25, 0.3) is 0 Å². The zero-order valence-electron chi connectivity index (χ0n) is 12.3. The third-order valence-electron chi connectivity index (χ3n) is 3.69. The zero-order chi connectivity index (χ0) is 14.6. The van der Waals surface area contributed by atoms with Crippen LogP contribution >= 0.6 is 0 Å². The highest BCUT2D eigenvalue weighted by Crippen LogP contribution is 2.22. The predicted octanol–water partition coefficient (Wildman–Crippen LogP) is 1.81. The monoisotopic (exact) mass is 296 g/mol. The fourth-order valence-corrected chi connectivity index (χ4v) is 4.15. The summed E-state index contributed by atoms with van der Waals surface area (Å²) in [5.74, 6) is 0.518. The van der Waals surface area contributed by atoms with Gasteiger partial charge in [0.15, 0.2) is 9.84 Å². The quantitative estimate of drug-likeness (QED) is 0.842. The third-order valence-corrected chi connectivity index (χ3v) is 5.49. The van der Waals surface area contributed by atoms with Crippen LogP contribution in [0.3, 0.4) is 0 Å². The molecule has 0 saturated carbocycles. The van der Waals surface area contributed by atoms with Gasteiger partial charge in [-0.2, -0.15) is 0 Å². The Balaban J connectivity index is 1.99. The lowest BCUT2D eigenvalue weighted by Gasteiger charge is -2.35. The highest BCUT2D eigenvalue weighted by atomic mass is 32.2. The molecule has 0 radical (unpaired) electrons. The largest absolute Gasteiger partial charge is 0.367 e. The first kappa shape index (κ1) is 15.3. The molecule has 4 nitrogen and oxygen atoms in total. The molecule has 1 aliphatic heterocycles. The van der Waals surface area contributed by atoms with E-state index in [1.54, 1.807) is 0 Å². The van der Waals surface area contributed by atoms with Crippen molar-refractivity contribution < 1.29 is 8.42 Å². The molecule has 1 aromatic rings.